The van der Waals surface area contributed by atoms with Crippen LogP contribution in [0.25, 0.3) is 0 Å². The quantitative estimate of drug-likeness (QED) is 0.209. The van der Waals surface area contributed by atoms with Crippen LogP contribution in [0.3, 0.4) is 0 Å². The normalized spacial score (nSPS) is 16.9. The second kappa shape index (κ2) is 15.0. The molecule has 0 saturated carbocycles. The molecule has 1 aromatic carbocycles. The van der Waals surface area contributed by atoms with Gasteiger partial charge in [-0.25, -0.2) is 0 Å². The molecule has 2 N–H and O–H groups in total. The van der Waals surface area contributed by atoms with Gasteiger partial charge in [0.05, 0.1) is 25.4 Å². The Labute approximate surface area is 186 Å². The van der Waals surface area contributed by atoms with E-state index in [1.54, 1.807) is 7.05 Å². The molecule has 1 saturated heterocycles. The molecule has 1 fully saturated rings. The summed E-state index contributed by atoms with van der Waals surface area (Å²) in [6.45, 7) is 8.63. The molecule has 6 nitrogen and oxygen atoms in total. The first kappa shape index (κ1) is 25.1. The van der Waals surface area contributed by atoms with Crippen LogP contribution in [0.2, 0.25) is 0 Å². The maximum atomic E-state index is 5.68. The van der Waals surface area contributed by atoms with Crippen molar-refractivity contribution in [3.8, 4) is 0 Å². The molecule has 0 amide bonds. The number of hydrogen-bond acceptors (Lipinski definition) is 4. The van der Waals surface area contributed by atoms with Crippen molar-refractivity contribution in [3.63, 3.8) is 0 Å². The van der Waals surface area contributed by atoms with Crippen LogP contribution >= 0.6 is 24.0 Å². The fourth-order valence-electron chi connectivity index (χ4n) is 2.87. The Morgan fingerprint density at radius 1 is 1.29 bits per heavy atom. The molecule has 0 aromatic heterocycles. The van der Waals surface area contributed by atoms with Gasteiger partial charge < -0.3 is 24.8 Å². The monoisotopic (exact) mass is 505 g/mol. The minimum atomic E-state index is 0. The summed E-state index contributed by atoms with van der Waals surface area (Å²) in [6, 6.07) is 8.44. The lowest BCUT2D eigenvalue weighted by molar-refractivity contribution is 0.0168. The predicted molar refractivity (Wildman–Crippen MR) is 124 cm³/mol. The van der Waals surface area contributed by atoms with E-state index in [0.29, 0.717) is 19.3 Å². The molecule has 7 heteroatoms. The van der Waals surface area contributed by atoms with E-state index in [4.69, 9.17) is 14.2 Å². The van der Waals surface area contributed by atoms with Crippen LogP contribution in [0, 0.1) is 0 Å². The van der Waals surface area contributed by atoms with Gasteiger partial charge in [-0.05, 0) is 44.2 Å². The Hall–Kier alpha value is -0.900. The van der Waals surface area contributed by atoms with Crippen molar-refractivity contribution in [1.29, 1.82) is 0 Å². The van der Waals surface area contributed by atoms with Crippen LogP contribution in [0.4, 0.5) is 0 Å². The van der Waals surface area contributed by atoms with Crippen molar-refractivity contribution in [3.05, 3.63) is 35.4 Å². The van der Waals surface area contributed by atoms with E-state index in [9.17, 15) is 0 Å². The number of nitrogens with zero attached hydrogens (tertiary/aromatic N) is 1. The number of hydrogen-bond donors (Lipinski definition) is 2. The summed E-state index contributed by atoms with van der Waals surface area (Å²) < 4.78 is 16.9. The van der Waals surface area contributed by atoms with Gasteiger partial charge in [0.15, 0.2) is 5.96 Å². The molecule has 1 unspecified atom stereocenters. The summed E-state index contributed by atoms with van der Waals surface area (Å²) in [5.41, 5.74) is 2.40. The third-order valence-electron chi connectivity index (χ3n) is 4.34. The van der Waals surface area contributed by atoms with E-state index >= 15 is 0 Å². The highest BCUT2D eigenvalue weighted by Crippen LogP contribution is 2.11. The first-order valence-electron chi connectivity index (χ1n) is 10.0. The van der Waals surface area contributed by atoms with Crippen LogP contribution in [-0.2, 0) is 27.4 Å². The SMILES string of the molecule is CN=C(NCCCOCC1CCCO1)NCc1cccc(COC(C)C)c1.I. The Morgan fingerprint density at radius 3 is 2.82 bits per heavy atom. The number of ether oxygens (including phenoxy) is 3. The molecule has 1 heterocycles. The van der Waals surface area contributed by atoms with Crippen molar-refractivity contribution < 1.29 is 14.2 Å². The van der Waals surface area contributed by atoms with Crippen LogP contribution in [0.5, 0.6) is 0 Å². The molecule has 1 aliphatic rings. The second-order valence-electron chi connectivity index (χ2n) is 7.10. The standard InChI is InChI=1S/C21H35N3O3.HI/c1-17(2)27-15-19-8-4-7-18(13-19)14-24-21(22-3)23-10-6-11-25-16-20-9-5-12-26-20;/h4,7-8,13,17,20H,5-6,9-12,14-16H2,1-3H3,(H2,22,23,24);1H. The zero-order valence-electron chi connectivity index (χ0n) is 17.4. The van der Waals surface area contributed by atoms with Crippen LogP contribution in [0.15, 0.2) is 29.3 Å². The van der Waals surface area contributed by atoms with Crippen molar-refractivity contribution in [1.82, 2.24) is 10.6 Å². The summed E-state index contributed by atoms with van der Waals surface area (Å²) >= 11 is 0. The third kappa shape index (κ3) is 10.6. The van der Waals surface area contributed by atoms with E-state index in [1.807, 2.05) is 0 Å². The molecule has 0 bridgehead atoms. The molecule has 1 atom stereocenters. The average Bonchev–Trinajstić information content (AvgIpc) is 3.19. The summed E-state index contributed by atoms with van der Waals surface area (Å²) in [7, 11) is 1.79. The largest absolute Gasteiger partial charge is 0.379 e. The summed E-state index contributed by atoms with van der Waals surface area (Å²) in [4.78, 5) is 4.27. The molecule has 0 radical (unpaired) electrons. The average molecular weight is 505 g/mol. The molecular weight excluding hydrogens is 469 g/mol. The maximum absolute atomic E-state index is 5.68. The van der Waals surface area contributed by atoms with E-state index in [-0.39, 0.29) is 30.1 Å². The van der Waals surface area contributed by atoms with Crippen LogP contribution in [0.1, 0.15) is 44.2 Å². The Balaban J connectivity index is 0.00000392. The molecule has 160 valence electrons. The van der Waals surface area contributed by atoms with Gasteiger partial charge >= 0.3 is 0 Å². The van der Waals surface area contributed by atoms with Crippen LogP contribution in [-0.4, -0.2) is 51.6 Å². The Kier molecular flexibility index (Phi) is 13.5. The van der Waals surface area contributed by atoms with Gasteiger partial charge in [0.2, 0.25) is 0 Å². The number of aliphatic imine (C=N–C) groups is 1. The molecule has 1 aromatic rings. The Morgan fingerprint density at radius 2 is 2.11 bits per heavy atom. The first-order valence-corrected chi connectivity index (χ1v) is 10.0. The van der Waals surface area contributed by atoms with E-state index in [0.717, 1.165) is 51.5 Å². The number of rotatable bonds is 11. The van der Waals surface area contributed by atoms with Gasteiger partial charge in [0.1, 0.15) is 0 Å². The summed E-state index contributed by atoms with van der Waals surface area (Å²) in [5.74, 6) is 0.804. The lowest BCUT2D eigenvalue weighted by Gasteiger charge is -2.14. The molecule has 1 aliphatic heterocycles. The van der Waals surface area contributed by atoms with E-state index in [2.05, 4.69) is 53.7 Å². The molecule has 0 aliphatic carbocycles. The predicted octanol–water partition coefficient (Wildman–Crippen LogP) is 3.48. The molecule has 0 spiro atoms. The van der Waals surface area contributed by atoms with E-state index in [1.165, 1.54) is 11.1 Å². The lowest BCUT2D eigenvalue weighted by atomic mass is 10.1. The molecule has 2 rings (SSSR count). The van der Waals surface area contributed by atoms with Gasteiger partial charge in [0.25, 0.3) is 0 Å². The molecular formula is C21H36IN3O3. The lowest BCUT2D eigenvalue weighted by Crippen LogP contribution is -2.37. The summed E-state index contributed by atoms with van der Waals surface area (Å²) in [5, 5.41) is 6.68. The Bertz CT molecular complexity index is 564. The topological polar surface area (TPSA) is 64.1 Å². The van der Waals surface area contributed by atoms with Gasteiger partial charge in [-0.15, -0.1) is 24.0 Å². The minimum absolute atomic E-state index is 0. The zero-order valence-corrected chi connectivity index (χ0v) is 19.7. The van der Waals surface area contributed by atoms with Gasteiger partial charge in [0, 0.05) is 33.4 Å². The third-order valence-corrected chi connectivity index (χ3v) is 4.34. The number of benzene rings is 1. The van der Waals surface area contributed by atoms with Crippen molar-refractivity contribution in [2.24, 2.45) is 4.99 Å². The number of nitrogens with one attached hydrogen (secondary N) is 2. The molecule has 28 heavy (non-hydrogen) atoms. The highest BCUT2D eigenvalue weighted by atomic mass is 127. The summed E-state index contributed by atoms with van der Waals surface area (Å²) in [6.07, 6.45) is 3.76. The highest BCUT2D eigenvalue weighted by Gasteiger charge is 2.14. The van der Waals surface area contributed by atoms with Crippen molar-refractivity contribution in [2.75, 3.05) is 33.4 Å². The van der Waals surface area contributed by atoms with Gasteiger partial charge in [-0.2, -0.15) is 0 Å². The van der Waals surface area contributed by atoms with Crippen LogP contribution < -0.4 is 10.6 Å². The zero-order chi connectivity index (χ0) is 19.3. The minimum Gasteiger partial charge on any atom is -0.379 e. The number of guanidine groups is 1. The first-order chi connectivity index (χ1) is 13.2. The highest BCUT2D eigenvalue weighted by molar-refractivity contribution is 14.0. The second-order valence-corrected chi connectivity index (χ2v) is 7.10. The van der Waals surface area contributed by atoms with E-state index < -0.39 is 0 Å². The van der Waals surface area contributed by atoms with Crippen molar-refractivity contribution in [2.45, 2.75) is 58.5 Å². The van der Waals surface area contributed by atoms with Gasteiger partial charge in [-0.1, -0.05) is 24.3 Å². The fraction of sp³-hybridized carbons (Fsp3) is 0.667. The number of halogens is 1. The smallest absolute Gasteiger partial charge is 0.191 e. The van der Waals surface area contributed by atoms with Gasteiger partial charge in [-0.3, -0.25) is 4.99 Å². The maximum Gasteiger partial charge on any atom is 0.191 e. The fourth-order valence-corrected chi connectivity index (χ4v) is 2.87. The van der Waals surface area contributed by atoms with Crippen molar-refractivity contribution >= 4 is 29.9 Å².